The second kappa shape index (κ2) is 11.8. The molecule has 1 saturated carbocycles. The number of non-ortho nitro benzene ring substituents is 1. The van der Waals surface area contributed by atoms with Gasteiger partial charge in [-0.1, -0.05) is 48.5 Å². The van der Waals surface area contributed by atoms with Crippen LogP contribution in [-0.2, 0) is 19.7 Å². The maximum absolute atomic E-state index is 11.0. The Morgan fingerprint density at radius 2 is 1.54 bits per heavy atom. The van der Waals surface area contributed by atoms with Crippen LogP contribution < -0.4 is 15.2 Å². The highest BCUT2D eigenvalue weighted by molar-refractivity contribution is 5.43. The normalized spacial score (nSPS) is 17.8. The number of nitro groups is 1. The van der Waals surface area contributed by atoms with E-state index in [1.807, 2.05) is 54.6 Å². The van der Waals surface area contributed by atoms with Crippen molar-refractivity contribution in [3.05, 3.63) is 99.6 Å². The van der Waals surface area contributed by atoms with Crippen molar-refractivity contribution in [2.45, 2.75) is 57.5 Å². The van der Waals surface area contributed by atoms with Crippen molar-refractivity contribution in [3.63, 3.8) is 0 Å². The molecule has 7 heteroatoms. The summed E-state index contributed by atoms with van der Waals surface area (Å²) in [5.41, 5.74) is 9.56. The van der Waals surface area contributed by atoms with Crippen LogP contribution in [0.25, 0.3) is 0 Å². The zero-order valence-corrected chi connectivity index (χ0v) is 20.1. The first-order valence-corrected chi connectivity index (χ1v) is 12.1. The van der Waals surface area contributed by atoms with Crippen molar-refractivity contribution in [1.82, 2.24) is 4.90 Å². The number of nitrogens with two attached hydrogens (primary N) is 1. The van der Waals surface area contributed by atoms with Gasteiger partial charge in [-0.3, -0.25) is 15.0 Å². The Morgan fingerprint density at radius 1 is 0.886 bits per heavy atom. The molecular weight excluding hydrogens is 442 g/mol. The van der Waals surface area contributed by atoms with Crippen LogP contribution in [0.5, 0.6) is 11.5 Å². The van der Waals surface area contributed by atoms with E-state index in [2.05, 4.69) is 11.0 Å². The average molecular weight is 476 g/mol. The molecule has 3 aromatic rings. The number of rotatable bonds is 10. The molecule has 184 valence electrons. The van der Waals surface area contributed by atoms with Crippen LogP contribution in [0.4, 0.5) is 5.69 Å². The van der Waals surface area contributed by atoms with Crippen molar-refractivity contribution in [2.24, 2.45) is 5.73 Å². The van der Waals surface area contributed by atoms with E-state index in [1.54, 1.807) is 19.2 Å². The van der Waals surface area contributed by atoms with Gasteiger partial charge in [-0.15, -0.1) is 0 Å². The Labute approximate surface area is 206 Å². The van der Waals surface area contributed by atoms with Gasteiger partial charge in [0.15, 0.2) is 11.5 Å². The van der Waals surface area contributed by atoms with Gasteiger partial charge in [0, 0.05) is 37.3 Å². The van der Waals surface area contributed by atoms with Gasteiger partial charge in [0.1, 0.15) is 6.61 Å². The molecule has 2 N–H and O–H groups in total. The van der Waals surface area contributed by atoms with Crippen LogP contribution in [0.1, 0.15) is 42.4 Å². The summed E-state index contributed by atoms with van der Waals surface area (Å²) in [6, 6.07) is 23.7. The molecule has 0 unspecified atom stereocenters. The topological polar surface area (TPSA) is 90.9 Å². The lowest BCUT2D eigenvalue weighted by Gasteiger charge is -2.36. The van der Waals surface area contributed by atoms with Gasteiger partial charge in [-0.2, -0.15) is 0 Å². The first-order chi connectivity index (χ1) is 17.0. The largest absolute Gasteiger partial charge is 0.493 e. The minimum Gasteiger partial charge on any atom is -0.493 e. The SMILES string of the molecule is COc1cc(CN(Cc2ccc([N+](=O)[O-])cc2)C2CCC(N)CC2)ccc1OCc1ccccc1. The van der Waals surface area contributed by atoms with Crippen LogP contribution in [0.15, 0.2) is 72.8 Å². The Hall–Kier alpha value is -3.42. The molecule has 1 fully saturated rings. The average Bonchev–Trinajstić information content (AvgIpc) is 2.89. The third-order valence-corrected chi connectivity index (χ3v) is 6.64. The number of ether oxygens (including phenoxy) is 2. The predicted octanol–water partition coefficient (Wildman–Crippen LogP) is 5.45. The van der Waals surface area contributed by atoms with E-state index < -0.39 is 0 Å². The van der Waals surface area contributed by atoms with Crippen LogP contribution in [0.2, 0.25) is 0 Å². The van der Waals surface area contributed by atoms with Gasteiger partial charge >= 0.3 is 0 Å². The lowest BCUT2D eigenvalue weighted by Crippen LogP contribution is -2.40. The molecule has 35 heavy (non-hydrogen) atoms. The fourth-order valence-corrected chi connectivity index (χ4v) is 4.64. The third-order valence-electron chi connectivity index (χ3n) is 6.64. The fourth-order valence-electron chi connectivity index (χ4n) is 4.64. The molecule has 3 aromatic carbocycles. The van der Waals surface area contributed by atoms with E-state index in [9.17, 15) is 10.1 Å². The van der Waals surface area contributed by atoms with Crippen molar-refractivity contribution in [2.75, 3.05) is 7.11 Å². The van der Waals surface area contributed by atoms with Crippen molar-refractivity contribution in [3.8, 4) is 11.5 Å². The molecule has 0 aliphatic heterocycles. The molecule has 0 bridgehead atoms. The summed E-state index contributed by atoms with van der Waals surface area (Å²) in [7, 11) is 1.66. The van der Waals surface area contributed by atoms with Gasteiger partial charge in [-0.05, 0) is 54.5 Å². The highest BCUT2D eigenvalue weighted by atomic mass is 16.6. The molecule has 0 spiro atoms. The molecule has 1 aliphatic carbocycles. The molecule has 4 rings (SSSR count). The number of nitro benzene ring substituents is 1. The minimum atomic E-state index is -0.363. The molecule has 0 amide bonds. The first kappa shape index (κ1) is 24.7. The fraction of sp³-hybridized carbons (Fsp3) is 0.357. The van der Waals surface area contributed by atoms with Gasteiger partial charge in [0.25, 0.3) is 5.69 Å². The maximum Gasteiger partial charge on any atom is 0.269 e. The highest BCUT2D eigenvalue weighted by Gasteiger charge is 2.25. The molecule has 1 aliphatic rings. The summed E-state index contributed by atoms with van der Waals surface area (Å²) in [6.45, 7) is 1.93. The summed E-state index contributed by atoms with van der Waals surface area (Å²) in [4.78, 5) is 13.1. The molecular formula is C28H33N3O4. The Morgan fingerprint density at radius 3 is 2.20 bits per heavy atom. The molecule has 0 heterocycles. The van der Waals surface area contributed by atoms with Crippen molar-refractivity contribution in [1.29, 1.82) is 0 Å². The smallest absolute Gasteiger partial charge is 0.269 e. The quantitative estimate of drug-likeness (QED) is 0.310. The molecule has 0 atom stereocenters. The van der Waals surface area contributed by atoms with E-state index in [4.69, 9.17) is 15.2 Å². The number of nitrogens with zero attached hydrogens (tertiary/aromatic N) is 2. The minimum absolute atomic E-state index is 0.111. The van der Waals surface area contributed by atoms with Gasteiger partial charge in [0.2, 0.25) is 0 Å². The standard InChI is InChI=1S/C28H33N3O4/c1-34-28-17-23(9-16-27(28)35-20-22-5-3-2-4-6-22)19-30(25-14-10-24(29)11-15-25)18-21-7-12-26(13-8-21)31(32)33/h2-9,12-13,16-17,24-25H,10-11,14-15,18-20,29H2,1H3. The monoisotopic (exact) mass is 475 g/mol. The second-order valence-electron chi connectivity index (χ2n) is 9.16. The lowest BCUT2D eigenvalue weighted by molar-refractivity contribution is -0.384. The first-order valence-electron chi connectivity index (χ1n) is 12.1. The maximum atomic E-state index is 11.0. The summed E-state index contributed by atoms with van der Waals surface area (Å²) < 4.78 is 11.7. The molecule has 0 aromatic heterocycles. The number of methoxy groups -OCH3 is 1. The Bertz CT molecular complexity index is 1100. The van der Waals surface area contributed by atoms with E-state index in [-0.39, 0.29) is 16.7 Å². The van der Waals surface area contributed by atoms with Gasteiger partial charge < -0.3 is 15.2 Å². The van der Waals surface area contributed by atoms with E-state index in [0.29, 0.717) is 30.7 Å². The molecule has 0 radical (unpaired) electrons. The van der Waals surface area contributed by atoms with Crippen LogP contribution in [0.3, 0.4) is 0 Å². The van der Waals surface area contributed by atoms with Crippen LogP contribution in [0, 0.1) is 10.1 Å². The van der Waals surface area contributed by atoms with E-state index in [0.717, 1.165) is 48.9 Å². The van der Waals surface area contributed by atoms with Gasteiger partial charge in [0.05, 0.1) is 12.0 Å². The third kappa shape index (κ3) is 6.81. The summed E-state index contributed by atoms with van der Waals surface area (Å²) in [6.07, 6.45) is 4.11. The lowest BCUT2D eigenvalue weighted by atomic mass is 9.90. The van der Waals surface area contributed by atoms with Crippen molar-refractivity contribution >= 4 is 5.69 Å². The van der Waals surface area contributed by atoms with E-state index >= 15 is 0 Å². The zero-order chi connectivity index (χ0) is 24.6. The number of benzene rings is 3. The Kier molecular flexibility index (Phi) is 8.34. The van der Waals surface area contributed by atoms with Gasteiger partial charge in [-0.25, -0.2) is 0 Å². The Balaban J connectivity index is 1.49. The zero-order valence-electron chi connectivity index (χ0n) is 20.1. The highest BCUT2D eigenvalue weighted by Crippen LogP contribution is 2.31. The van der Waals surface area contributed by atoms with Crippen LogP contribution >= 0.6 is 0 Å². The molecule has 7 nitrogen and oxygen atoms in total. The summed E-state index contributed by atoms with van der Waals surface area (Å²) >= 11 is 0. The molecule has 0 saturated heterocycles. The van der Waals surface area contributed by atoms with Crippen molar-refractivity contribution < 1.29 is 14.4 Å². The summed E-state index contributed by atoms with van der Waals surface area (Å²) in [5.74, 6) is 1.42. The number of hydrogen-bond acceptors (Lipinski definition) is 6. The summed E-state index contributed by atoms with van der Waals surface area (Å²) in [5, 5.41) is 11.0. The van der Waals surface area contributed by atoms with E-state index in [1.165, 1.54) is 0 Å². The second-order valence-corrected chi connectivity index (χ2v) is 9.16. The van der Waals surface area contributed by atoms with Crippen LogP contribution in [-0.4, -0.2) is 29.0 Å². The predicted molar refractivity (Wildman–Crippen MR) is 136 cm³/mol. The number of hydrogen-bond donors (Lipinski definition) is 1.